The van der Waals surface area contributed by atoms with Gasteiger partial charge in [-0.2, -0.15) is 4.98 Å². The number of rotatable bonds is 3. The molecule has 0 bridgehead atoms. The first-order valence-electron chi connectivity index (χ1n) is 7.47. The van der Waals surface area contributed by atoms with Gasteiger partial charge < -0.3 is 15.4 Å². The number of carbonyl (C=O) groups excluding carboxylic acids is 1. The molecule has 0 aliphatic heterocycles. The molecule has 3 rings (SSSR count). The summed E-state index contributed by atoms with van der Waals surface area (Å²) in [6.45, 7) is 5.55. The van der Waals surface area contributed by atoms with Crippen LogP contribution in [0.3, 0.4) is 0 Å². The van der Waals surface area contributed by atoms with Crippen LogP contribution in [0.4, 0.5) is 10.6 Å². The van der Waals surface area contributed by atoms with E-state index in [2.05, 4.69) is 20.6 Å². The Balaban J connectivity index is 1.54. The van der Waals surface area contributed by atoms with Gasteiger partial charge in [-0.05, 0) is 56.7 Å². The summed E-state index contributed by atoms with van der Waals surface area (Å²) in [7, 11) is 0. The zero-order valence-electron chi connectivity index (χ0n) is 13.2. The first kappa shape index (κ1) is 16.3. The Labute approximate surface area is 143 Å². The van der Waals surface area contributed by atoms with Crippen molar-refractivity contribution >= 4 is 45.1 Å². The summed E-state index contributed by atoms with van der Waals surface area (Å²) in [6.07, 6.45) is 1.29. The highest BCUT2D eigenvalue weighted by Gasteiger charge is 2.32. The average Bonchev–Trinajstić information content (AvgIpc) is 2.81. The summed E-state index contributed by atoms with van der Waals surface area (Å²) in [4.78, 5) is 20.2. The zero-order valence-corrected chi connectivity index (χ0v) is 14.8. The predicted molar refractivity (Wildman–Crippen MR) is 92.2 cm³/mol. The molecular formula is C15H19ClN4O2S. The SMILES string of the molecule is CC(C)(C)OC(=O)N[C@H]1C[C@H](Nc2nc(Cl)nc3ccsc23)C1. The Morgan fingerprint density at radius 3 is 2.78 bits per heavy atom. The van der Waals surface area contributed by atoms with E-state index in [0.29, 0.717) is 0 Å². The molecule has 23 heavy (non-hydrogen) atoms. The molecule has 2 aromatic heterocycles. The largest absolute Gasteiger partial charge is 0.444 e. The molecule has 0 aromatic carbocycles. The summed E-state index contributed by atoms with van der Waals surface area (Å²) in [5, 5.41) is 8.46. The maximum absolute atomic E-state index is 11.7. The number of anilines is 1. The van der Waals surface area contributed by atoms with Crippen LogP contribution in [0.5, 0.6) is 0 Å². The molecule has 0 radical (unpaired) electrons. The molecule has 6 nitrogen and oxygen atoms in total. The number of thiophene rings is 1. The molecule has 0 spiro atoms. The topological polar surface area (TPSA) is 76.1 Å². The molecule has 2 aromatic rings. The van der Waals surface area contributed by atoms with Gasteiger partial charge in [-0.15, -0.1) is 11.3 Å². The summed E-state index contributed by atoms with van der Waals surface area (Å²) in [6, 6.07) is 2.30. The van der Waals surface area contributed by atoms with E-state index < -0.39 is 5.60 Å². The van der Waals surface area contributed by atoms with Crippen LogP contribution in [-0.4, -0.2) is 33.7 Å². The fourth-order valence-electron chi connectivity index (χ4n) is 2.45. The lowest BCUT2D eigenvalue weighted by Gasteiger charge is -2.36. The second-order valence-electron chi connectivity index (χ2n) is 6.63. The molecule has 1 aliphatic rings. The molecule has 2 N–H and O–H groups in total. The molecule has 0 atom stereocenters. The molecule has 1 amide bonds. The lowest BCUT2D eigenvalue weighted by atomic mass is 9.87. The van der Waals surface area contributed by atoms with E-state index in [-0.39, 0.29) is 23.5 Å². The number of halogens is 1. The maximum atomic E-state index is 11.7. The highest BCUT2D eigenvalue weighted by molar-refractivity contribution is 7.17. The van der Waals surface area contributed by atoms with Gasteiger partial charge in [0.05, 0.1) is 10.2 Å². The number of fused-ring (bicyclic) bond motifs is 1. The third kappa shape index (κ3) is 4.03. The van der Waals surface area contributed by atoms with Gasteiger partial charge in [-0.1, -0.05) is 0 Å². The summed E-state index contributed by atoms with van der Waals surface area (Å²) < 4.78 is 6.25. The van der Waals surface area contributed by atoms with E-state index in [1.54, 1.807) is 11.3 Å². The monoisotopic (exact) mass is 354 g/mol. The van der Waals surface area contributed by atoms with Gasteiger partial charge in [-0.3, -0.25) is 0 Å². The fraction of sp³-hybridized carbons (Fsp3) is 0.533. The molecule has 1 fully saturated rings. The Hall–Kier alpha value is -1.60. The maximum Gasteiger partial charge on any atom is 0.407 e. The Morgan fingerprint density at radius 1 is 1.35 bits per heavy atom. The van der Waals surface area contributed by atoms with Gasteiger partial charge in [0, 0.05) is 12.1 Å². The molecule has 0 saturated heterocycles. The molecule has 124 valence electrons. The smallest absolute Gasteiger partial charge is 0.407 e. The van der Waals surface area contributed by atoms with Gasteiger partial charge >= 0.3 is 6.09 Å². The van der Waals surface area contributed by atoms with E-state index in [1.165, 1.54) is 0 Å². The van der Waals surface area contributed by atoms with Crippen LogP contribution >= 0.6 is 22.9 Å². The van der Waals surface area contributed by atoms with Crippen LogP contribution in [0.25, 0.3) is 10.2 Å². The van der Waals surface area contributed by atoms with Crippen molar-refractivity contribution in [3.8, 4) is 0 Å². The molecule has 1 saturated carbocycles. The Morgan fingerprint density at radius 2 is 2.09 bits per heavy atom. The van der Waals surface area contributed by atoms with Crippen molar-refractivity contribution < 1.29 is 9.53 Å². The highest BCUT2D eigenvalue weighted by Crippen LogP contribution is 2.31. The van der Waals surface area contributed by atoms with E-state index in [9.17, 15) is 4.79 Å². The molecule has 2 heterocycles. The minimum atomic E-state index is -0.478. The second kappa shape index (κ2) is 6.13. The number of ether oxygens (including phenoxy) is 1. The van der Waals surface area contributed by atoms with Gasteiger partial charge in [0.25, 0.3) is 0 Å². The Bertz CT molecular complexity index is 722. The molecule has 0 unspecified atom stereocenters. The van der Waals surface area contributed by atoms with E-state index in [4.69, 9.17) is 16.3 Å². The van der Waals surface area contributed by atoms with Crippen molar-refractivity contribution in [3.05, 3.63) is 16.7 Å². The number of hydrogen-bond donors (Lipinski definition) is 2. The normalized spacial score (nSPS) is 20.9. The fourth-order valence-corrected chi connectivity index (χ4v) is 3.41. The first-order valence-corrected chi connectivity index (χ1v) is 8.73. The summed E-state index contributed by atoms with van der Waals surface area (Å²) in [5.74, 6) is 0.760. The lowest BCUT2D eigenvalue weighted by Crippen LogP contribution is -2.50. The van der Waals surface area contributed by atoms with Gasteiger partial charge in [0.2, 0.25) is 5.28 Å². The van der Waals surface area contributed by atoms with Crippen molar-refractivity contribution in [2.24, 2.45) is 0 Å². The molecule has 1 aliphatic carbocycles. The molecule has 8 heteroatoms. The average molecular weight is 355 g/mol. The number of nitrogens with one attached hydrogen (secondary N) is 2. The summed E-state index contributed by atoms with van der Waals surface area (Å²) in [5.41, 5.74) is 0.369. The quantitative estimate of drug-likeness (QED) is 0.819. The number of amides is 1. The number of hydrogen-bond acceptors (Lipinski definition) is 6. The van der Waals surface area contributed by atoms with Crippen molar-refractivity contribution in [2.45, 2.75) is 51.3 Å². The van der Waals surface area contributed by atoms with Crippen LogP contribution in [-0.2, 0) is 4.74 Å². The highest BCUT2D eigenvalue weighted by atomic mass is 35.5. The van der Waals surface area contributed by atoms with Gasteiger partial charge in [-0.25, -0.2) is 9.78 Å². The number of aromatic nitrogens is 2. The number of carbonyl (C=O) groups is 1. The summed E-state index contributed by atoms with van der Waals surface area (Å²) >= 11 is 7.53. The number of nitrogens with zero attached hydrogens (tertiary/aromatic N) is 2. The minimum Gasteiger partial charge on any atom is -0.444 e. The van der Waals surface area contributed by atoms with Crippen LogP contribution in [0.15, 0.2) is 11.4 Å². The first-order chi connectivity index (χ1) is 10.8. The van der Waals surface area contributed by atoms with Crippen LogP contribution in [0.1, 0.15) is 33.6 Å². The van der Waals surface area contributed by atoms with Crippen LogP contribution in [0.2, 0.25) is 5.28 Å². The lowest BCUT2D eigenvalue weighted by molar-refractivity contribution is 0.0475. The Kier molecular flexibility index (Phi) is 4.33. The van der Waals surface area contributed by atoms with Crippen molar-refractivity contribution in [2.75, 3.05) is 5.32 Å². The van der Waals surface area contributed by atoms with Crippen molar-refractivity contribution in [1.29, 1.82) is 0 Å². The van der Waals surface area contributed by atoms with E-state index >= 15 is 0 Å². The van der Waals surface area contributed by atoms with Crippen LogP contribution < -0.4 is 10.6 Å². The van der Waals surface area contributed by atoms with Gasteiger partial charge in [0.15, 0.2) is 0 Å². The van der Waals surface area contributed by atoms with E-state index in [1.807, 2.05) is 32.2 Å². The molecular weight excluding hydrogens is 336 g/mol. The third-order valence-corrected chi connectivity index (χ3v) is 4.56. The van der Waals surface area contributed by atoms with Crippen molar-refractivity contribution in [3.63, 3.8) is 0 Å². The number of alkyl carbamates (subject to hydrolysis) is 1. The zero-order chi connectivity index (χ0) is 16.6. The van der Waals surface area contributed by atoms with Crippen LogP contribution in [0, 0.1) is 0 Å². The third-order valence-electron chi connectivity index (χ3n) is 3.48. The minimum absolute atomic E-state index is 0.124. The predicted octanol–water partition coefficient (Wildman–Crippen LogP) is 3.81. The second-order valence-corrected chi connectivity index (χ2v) is 7.89. The van der Waals surface area contributed by atoms with E-state index in [0.717, 1.165) is 28.9 Å². The van der Waals surface area contributed by atoms with Crippen molar-refractivity contribution in [1.82, 2.24) is 15.3 Å². The standard InChI is InChI=1S/C15H19ClN4O2S/c1-15(2,3)22-14(21)18-9-6-8(7-9)17-12-11-10(4-5-23-11)19-13(16)20-12/h4-5,8-9H,6-7H2,1-3H3,(H,18,21)(H,17,19,20)/t8-,9-. The van der Waals surface area contributed by atoms with Gasteiger partial charge in [0.1, 0.15) is 11.4 Å².